The Morgan fingerprint density at radius 1 is 0.724 bits per heavy atom. The Hall–Kier alpha value is -0.200. The van der Waals surface area contributed by atoms with Crippen molar-refractivity contribution < 1.29 is 24.8 Å². The van der Waals surface area contributed by atoms with E-state index < -0.39 is 24.6 Å². The third-order valence-corrected chi connectivity index (χ3v) is 6.02. The van der Waals surface area contributed by atoms with Crippen LogP contribution in [-0.4, -0.2) is 53.1 Å². The molecule has 0 aromatic carbocycles. The first-order valence-corrected chi connectivity index (χ1v) is 12.4. The molecule has 1 heterocycles. The lowest BCUT2D eigenvalue weighted by Gasteiger charge is -2.36. The van der Waals surface area contributed by atoms with E-state index in [4.69, 9.17) is 14.6 Å². The van der Waals surface area contributed by atoms with Crippen LogP contribution in [0.2, 0.25) is 0 Å². The zero-order valence-corrected chi connectivity index (χ0v) is 18.9. The van der Waals surface area contributed by atoms with Crippen LogP contribution in [0, 0.1) is 0 Å². The van der Waals surface area contributed by atoms with Crippen LogP contribution < -0.4 is 0 Å². The molecule has 0 saturated carbocycles. The van der Waals surface area contributed by atoms with Crippen molar-refractivity contribution in [1.29, 1.82) is 0 Å². The summed E-state index contributed by atoms with van der Waals surface area (Å²) in [5.74, 6) is 0. The molecule has 0 aliphatic carbocycles. The molecule has 29 heavy (non-hydrogen) atoms. The molecule has 0 amide bonds. The molecule has 174 valence electrons. The van der Waals surface area contributed by atoms with Crippen LogP contribution in [0.1, 0.15) is 116 Å². The minimum absolute atomic E-state index is 0.260. The van der Waals surface area contributed by atoms with Gasteiger partial charge in [-0.3, -0.25) is 0 Å². The third-order valence-electron chi connectivity index (χ3n) is 6.02. The molecule has 0 spiro atoms. The van der Waals surface area contributed by atoms with Crippen molar-refractivity contribution in [2.24, 2.45) is 0 Å². The Morgan fingerprint density at radius 3 is 1.62 bits per heavy atom. The van der Waals surface area contributed by atoms with Gasteiger partial charge in [-0.05, 0) is 6.42 Å². The van der Waals surface area contributed by atoms with Gasteiger partial charge in [0.1, 0.15) is 12.2 Å². The summed E-state index contributed by atoms with van der Waals surface area (Å²) in [5, 5.41) is 28.6. The molecule has 4 atom stereocenters. The van der Waals surface area contributed by atoms with Crippen molar-refractivity contribution in [3.63, 3.8) is 0 Å². The largest absolute Gasteiger partial charge is 0.394 e. The Labute approximate surface area is 179 Å². The molecule has 1 rings (SSSR count). The molecule has 1 fully saturated rings. The summed E-state index contributed by atoms with van der Waals surface area (Å²) in [5.41, 5.74) is 0. The van der Waals surface area contributed by atoms with Crippen molar-refractivity contribution in [1.82, 2.24) is 0 Å². The summed E-state index contributed by atoms with van der Waals surface area (Å²) >= 11 is 0. The Morgan fingerprint density at radius 2 is 1.17 bits per heavy atom. The maximum absolute atomic E-state index is 9.77. The molecule has 5 nitrogen and oxygen atoms in total. The zero-order valence-electron chi connectivity index (χ0n) is 18.9. The van der Waals surface area contributed by atoms with Gasteiger partial charge in [-0.25, -0.2) is 0 Å². The molecule has 0 unspecified atom stereocenters. The van der Waals surface area contributed by atoms with Gasteiger partial charge in [0, 0.05) is 13.0 Å². The van der Waals surface area contributed by atoms with Gasteiger partial charge in [0.05, 0.1) is 12.7 Å². The van der Waals surface area contributed by atoms with Crippen LogP contribution in [-0.2, 0) is 9.47 Å². The zero-order chi connectivity index (χ0) is 21.2. The predicted molar refractivity (Wildman–Crippen MR) is 118 cm³/mol. The van der Waals surface area contributed by atoms with Crippen LogP contribution >= 0.6 is 0 Å². The second kappa shape index (κ2) is 18.6. The molecule has 1 aliphatic heterocycles. The van der Waals surface area contributed by atoms with Gasteiger partial charge in [-0.1, -0.05) is 103 Å². The summed E-state index contributed by atoms with van der Waals surface area (Å²) in [4.78, 5) is 0. The normalized spacial score (nSPS) is 24.8. The second-order valence-electron chi connectivity index (χ2n) is 8.75. The van der Waals surface area contributed by atoms with E-state index in [-0.39, 0.29) is 13.0 Å². The highest BCUT2D eigenvalue weighted by atomic mass is 16.7. The van der Waals surface area contributed by atoms with Gasteiger partial charge in [-0.15, -0.1) is 0 Å². The Kier molecular flexibility index (Phi) is 17.2. The summed E-state index contributed by atoms with van der Waals surface area (Å²) < 4.78 is 11.1. The van der Waals surface area contributed by atoms with Gasteiger partial charge in [0.15, 0.2) is 6.29 Å². The molecule has 0 radical (unpaired) electrons. The molecule has 5 heteroatoms. The van der Waals surface area contributed by atoms with Gasteiger partial charge in [-0.2, -0.15) is 0 Å². The lowest BCUT2D eigenvalue weighted by Crippen LogP contribution is -2.50. The topological polar surface area (TPSA) is 79.2 Å². The molecule has 0 aromatic heterocycles. The van der Waals surface area contributed by atoms with E-state index in [9.17, 15) is 10.2 Å². The lowest BCUT2D eigenvalue weighted by molar-refractivity contribution is -0.256. The number of hydrogen-bond donors (Lipinski definition) is 3. The van der Waals surface area contributed by atoms with Crippen LogP contribution in [0.3, 0.4) is 0 Å². The van der Waals surface area contributed by atoms with E-state index in [1.54, 1.807) is 0 Å². The highest BCUT2D eigenvalue weighted by Gasteiger charge is 2.36. The minimum Gasteiger partial charge on any atom is -0.394 e. The lowest BCUT2D eigenvalue weighted by atomic mass is 10.0. The summed E-state index contributed by atoms with van der Waals surface area (Å²) in [6, 6.07) is 0. The van der Waals surface area contributed by atoms with Crippen molar-refractivity contribution in [3.05, 3.63) is 0 Å². The molecule has 1 saturated heterocycles. The summed E-state index contributed by atoms with van der Waals surface area (Å²) in [7, 11) is 0. The summed E-state index contributed by atoms with van der Waals surface area (Å²) in [6.45, 7) is 2.57. The maximum atomic E-state index is 9.77. The Balaban J connectivity index is 1.79. The molecule has 1 aliphatic rings. The number of rotatable bonds is 19. The number of aliphatic hydroxyl groups is 3. The fourth-order valence-corrected chi connectivity index (χ4v) is 4.04. The van der Waals surface area contributed by atoms with E-state index in [1.165, 1.54) is 89.9 Å². The SMILES string of the molecule is CCCCCCCCCCCCCCCCCCO[C@@H]1C[C@@H](O)[C@H](O)[C@@H](CO)O1. The number of aliphatic hydroxyl groups excluding tert-OH is 3. The van der Waals surface area contributed by atoms with Gasteiger partial charge >= 0.3 is 0 Å². The van der Waals surface area contributed by atoms with Crippen LogP contribution in [0.25, 0.3) is 0 Å². The molecular formula is C24H48O5. The van der Waals surface area contributed by atoms with Crippen molar-refractivity contribution >= 4 is 0 Å². The molecule has 0 bridgehead atoms. The quantitative estimate of drug-likeness (QED) is 0.256. The standard InChI is InChI=1S/C24H48O5/c1-2-3-4-5-6-7-8-9-10-11-12-13-14-15-16-17-18-28-23-19-21(26)24(27)22(20-25)29-23/h21-27H,2-20H2,1H3/t21-,22-,23+,24+/m1/s1. The third kappa shape index (κ3) is 13.7. The van der Waals surface area contributed by atoms with E-state index in [0.717, 1.165) is 12.8 Å². The Bertz CT molecular complexity index is 352. The highest BCUT2D eigenvalue weighted by molar-refractivity contribution is 4.82. The molecule has 0 aromatic rings. The molecule has 3 N–H and O–H groups in total. The van der Waals surface area contributed by atoms with E-state index in [0.29, 0.717) is 6.61 Å². The molecular weight excluding hydrogens is 368 g/mol. The first-order valence-electron chi connectivity index (χ1n) is 12.4. The smallest absolute Gasteiger partial charge is 0.160 e. The van der Waals surface area contributed by atoms with Gasteiger partial charge in [0.25, 0.3) is 0 Å². The number of ether oxygens (including phenoxy) is 2. The van der Waals surface area contributed by atoms with Gasteiger partial charge < -0.3 is 24.8 Å². The van der Waals surface area contributed by atoms with Crippen LogP contribution in [0.5, 0.6) is 0 Å². The monoisotopic (exact) mass is 416 g/mol. The van der Waals surface area contributed by atoms with E-state index in [1.807, 2.05) is 0 Å². The fraction of sp³-hybridized carbons (Fsp3) is 1.00. The van der Waals surface area contributed by atoms with Crippen LogP contribution in [0.15, 0.2) is 0 Å². The minimum atomic E-state index is -1.03. The van der Waals surface area contributed by atoms with Crippen molar-refractivity contribution in [3.8, 4) is 0 Å². The van der Waals surface area contributed by atoms with Gasteiger partial charge in [0.2, 0.25) is 0 Å². The first kappa shape index (κ1) is 26.8. The van der Waals surface area contributed by atoms with Crippen molar-refractivity contribution in [2.75, 3.05) is 13.2 Å². The second-order valence-corrected chi connectivity index (χ2v) is 8.75. The van der Waals surface area contributed by atoms with E-state index >= 15 is 0 Å². The average Bonchev–Trinajstić information content (AvgIpc) is 2.72. The number of hydrogen-bond acceptors (Lipinski definition) is 5. The number of unbranched alkanes of at least 4 members (excludes halogenated alkanes) is 15. The predicted octanol–water partition coefficient (Wildman–Crippen LogP) is 5.09. The maximum Gasteiger partial charge on any atom is 0.160 e. The highest BCUT2D eigenvalue weighted by Crippen LogP contribution is 2.21. The van der Waals surface area contributed by atoms with Crippen LogP contribution in [0.4, 0.5) is 0 Å². The fourth-order valence-electron chi connectivity index (χ4n) is 4.04. The van der Waals surface area contributed by atoms with Crippen molar-refractivity contribution in [2.45, 2.75) is 141 Å². The average molecular weight is 417 g/mol. The van der Waals surface area contributed by atoms with E-state index in [2.05, 4.69) is 6.92 Å². The first-order chi connectivity index (χ1) is 14.2. The summed E-state index contributed by atoms with van der Waals surface area (Å²) in [6.07, 6.45) is 18.5.